The van der Waals surface area contributed by atoms with E-state index in [1.54, 1.807) is 16.7 Å². The van der Waals surface area contributed by atoms with Crippen LogP contribution in [-0.4, -0.2) is 4.57 Å². The van der Waals surface area contributed by atoms with Crippen molar-refractivity contribution in [3.8, 4) is 11.3 Å². The number of aromatic nitrogens is 1. The minimum atomic E-state index is 0.000579. The molecule has 24 heavy (non-hydrogen) atoms. The standard InChI is InChI=1S/C18H15Cl2NO2S/c1-3-8-21-11(2)17(24-18(21)22)10-13-5-7-16(23-13)14-6-4-12(19)9-15(14)20/h4-7,9-10H,2-3,8H2,1H3. The first-order valence-electron chi connectivity index (χ1n) is 7.45. The summed E-state index contributed by atoms with van der Waals surface area (Å²) < 4.78 is 8.34. The molecule has 1 aromatic carbocycles. The van der Waals surface area contributed by atoms with Crippen molar-refractivity contribution in [1.29, 1.82) is 0 Å². The van der Waals surface area contributed by atoms with Gasteiger partial charge in [-0.05, 0) is 36.8 Å². The van der Waals surface area contributed by atoms with Gasteiger partial charge in [0.15, 0.2) is 0 Å². The van der Waals surface area contributed by atoms with Crippen molar-refractivity contribution in [3.05, 3.63) is 65.7 Å². The van der Waals surface area contributed by atoms with Crippen molar-refractivity contribution in [1.82, 2.24) is 4.57 Å². The predicted molar refractivity (Wildman–Crippen MR) is 101 cm³/mol. The van der Waals surface area contributed by atoms with Gasteiger partial charge in [-0.1, -0.05) is 48.0 Å². The van der Waals surface area contributed by atoms with Gasteiger partial charge in [0, 0.05) is 23.2 Å². The van der Waals surface area contributed by atoms with Crippen LogP contribution in [0.1, 0.15) is 19.1 Å². The molecule has 0 aliphatic carbocycles. The van der Waals surface area contributed by atoms with Crippen molar-refractivity contribution in [2.24, 2.45) is 0 Å². The molecule has 0 radical (unpaired) electrons. The Morgan fingerprint density at radius 3 is 2.79 bits per heavy atom. The van der Waals surface area contributed by atoms with E-state index in [9.17, 15) is 4.79 Å². The van der Waals surface area contributed by atoms with Crippen molar-refractivity contribution in [2.45, 2.75) is 19.9 Å². The van der Waals surface area contributed by atoms with E-state index in [4.69, 9.17) is 27.6 Å². The maximum atomic E-state index is 12.0. The van der Waals surface area contributed by atoms with Crippen LogP contribution >= 0.6 is 34.5 Å². The molecule has 0 unspecified atom stereocenters. The third kappa shape index (κ3) is 3.36. The first-order chi connectivity index (χ1) is 11.5. The molecular formula is C18H15Cl2NO2S. The zero-order valence-electron chi connectivity index (χ0n) is 13.0. The highest BCUT2D eigenvalue weighted by atomic mass is 35.5. The molecule has 124 valence electrons. The highest BCUT2D eigenvalue weighted by molar-refractivity contribution is 7.07. The van der Waals surface area contributed by atoms with Gasteiger partial charge >= 0.3 is 4.87 Å². The molecular weight excluding hydrogens is 365 g/mol. The molecule has 0 saturated heterocycles. The quantitative estimate of drug-likeness (QED) is 0.682. The lowest BCUT2D eigenvalue weighted by Gasteiger charge is -2.00. The lowest BCUT2D eigenvalue weighted by atomic mass is 10.2. The van der Waals surface area contributed by atoms with E-state index in [1.807, 2.05) is 31.2 Å². The summed E-state index contributed by atoms with van der Waals surface area (Å²) in [5.74, 6) is 1.29. The van der Waals surface area contributed by atoms with Crippen molar-refractivity contribution < 1.29 is 4.42 Å². The van der Waals surface area contributed by atoms with Crippen molar-refractivity contribution in [3.63, 3.8) is 0 Å². The monoisotopic (exact) mass is 379 g/mol. The number of rotatable bonds is 4. The maximum Gasteiger partial charge on any atom is 0.308 e. The Morgan fingerprint density at radius 1 is 1.29 bits per heavy atom. The molecule has 3 nitrogen and oxygen atoms in total. The topological polar surface area (TPSA) is 35.1 Å². The van der Waals surface area contributed by atoms with Crippen molar-refractivity contribution >= 4 is 47.2 Å². The van der Waals surface area contributed by atoms with E-state index in [0.29, 0.717) is 33.5 Å². The van der Waals surface area contributed by atoms with Crippen LogP contribution < -0.4 is 14.8 Å². The molecule has 0 atom stereocenters. The summed E-state index contributed by atoms with van der Waals surface area (Å²) in [6.07, 6.45) is 2.71. The SMILES string of the molecule is C=c1c(=Cc2ccc(-c3ccc(Cl)cc3Cl)o2)sc(=O)n1CCC. The second-order valence-electron chi connectivity index (χ2n) is 5.30. The van der Waals surface area contributed by atoms with Crippen LogP contribution in [0.15, 0.2) is 39.5 Å². The summed E-state index contributed by atoms with van der Waals surface area (Å²) in [7, 11) is 0. The van der Waals surface area contributed by atoms with E-state index >= 15 is 0 Å². The summed E-state index contributed by atoms with van der Waals surface area (Å²) in [4.78, 5) is 12.0. The fraction of sp³-hybridized carbons (Fsp3) is 0.167. The molecule has 2 aromatic heterocycles. The smallest absolute Gasteiger partial charge is 0.308 e. The van der Waals surface area contributed by atoms with E-state index < -0.39 is 0 Å². The third-order valence-corrected chi connectivity index (χ3v) is 5.09. The summed E-state index contributed by atoms with van der Waals surface area (Å²) >= 11 is 13.3. The lowest BCUT2D eigenvalue weighted by molar-refractivity contribution is 0.571. The van der Waals surface area contributed by atoms with E-state index in [2.05, 4.69) is 6.58 Å². The third-order valence-electron chi connectivity index (χ3n) is 3.57. The minimum Gasteiger partial charge on any atom is -0.457 e. The Kier molecular flexibility index (Phi) is 4.99. The minimum absolute atomic E-state index is 0.000579. The Labute approximate surface area is 153 Å². The van der Waals surface area contributed by atoms with Gasteiger partial charge in [0.2, 0.25) is 0 Å². The average molecular weight is 380 g/mol. The first kappa shape index (κ1) is 17.1. The molecule has 0 aliphatic heterocycles. The number of benzene rings is 1. The van der Waals surface area contributed by atoms with Gasteiger partial charge in [0.05, 0.1) is 14.9 Å². The average Bonchev–Trinajstić information content (AvgIpc) is 3.08. The van der Waals surface area contributed by atoms with Gasteiger partial charge in [-0.3, -0.25) is 9.36 Å². The summed E-state index contributed by atoms with van der Waals surface area (Å²) in [5.41, 5.74) is 0.771. The number of furan rings is 1. The van der Waals surface area contributed by atoms with Crippen LogP contribution in [0.2, 0.25) is 10.0 Å². The number of hydrogen-bond acceptors (Lipinski definition) is 3. The van der Waals surface area contributed by atoms with Crippen LogP contribution in [0.25, 0.3) is 24.0 Å². The van der Waals surface area contributed by atoms with Crippen LogP contribution in [0, 0.1) is 0 Å². The van der Waals surface area contributed by atoms with E-state index in [1.165, 1.54) is 11.3 Å². The highest BCUT2D eigenvalue weighted by Crippen LogP contribution is 2.31. The summed E-state index contributed by atoms with van der Waals surface area (Å²) in [5, 5.41) is 1.82. The van der Waals surface area contributed by atoms with Crippen molar-refractivity contribution in [2.75, 3.05) is 0 Å². The Morgan fingerprint density at radius 2 is 2.08 bits per heavy atom. The molecule has 0 fully saturated rings. The molecule has 3 rings (SSSR count). The molecule has 0 spiro atoms. The van der Waals surface area contributed by atoms with Gasteiger partial charge < -0.3 is 4.42 Å². The highest BCUT2D eigenvalue weighted by Gasteiger charge is 2.09. The van der Waals surface area contributed by atoms with Crippen LogP contribution in [0.3, 0.4) is 0 Å². The fourth-order valence-electron chi connectivity index (χ4n) is 2.41. The Bertz CT molecular complexity index is 1050. The molecule has 0 bridgehead atoms. The van der Waals surface area contributed by atoms with Gasteiger partial charge in [0.25, 0.3) is 0 Å². The van der Waals surface area contributed by atoms with E-state index in [0.717, 1.165) is 16.5 Å². The maximum absolute atomic E-state index is 12.0. The Balaban J connectivity index is 2.02. The first-order valence-corrected chi connectivity index (χ1v) is 9.02. The molecule has 0 N–H and O–H groups in total. The van der Waals surface area contributed by atoms with Crippen LogP contribution in [0.4, 0.5) is 0 Å². The molecule has 0 aliphatic rings. The summed E-state index contributed by atoms with van der Waals surface area (Å²) in [6, 6.07) is 8.94. The molecule has 0 amide bonds. The van der Waals surface area contributed by atoms with Gasteiger partial charge in [0.1, 0.15) is 11.5 Å². The molecule has 2 heterocycles. The van der Waals surface area contributed by atoms with E-state index in [-0.39, 0.29) is 4.87 Å². The Hall–Kier alpha value is -1.75. The molecule has 0 saturated carbocycles. The summed E-state index contributed by atoms with van der Waals surface area (Å²) in [6.45, 7) is 6.71. The molecule has 6 heteroatoms. The number of hydrogen-bond donors (Lipinski definition) is 0. The largest absolute Gasteiger partial charge is 0.457 e. The van der Waals surface area contributed by atoms with Gasteiger partial charge in [-0.15, -0.1) is 0 Å². The number of thiazole rings is 1. The van der Waals surface area contributed by atoms with Crippen LogP contribution in [-0.2, 0) is 6.54 Å². The number of nitrogens with zero attached hydrogens (tertiary/aromatic N) is 1. The second-order valence-corrected chi connectivity index (χ2v) is 7.14. The zero-order chi connectivity index (χ0) is 17.3. The number of halogens is 2. The van der Waals surface area contributed by atoms with Gasteiger partial charge in [-0.25, -0.2) is 0 Å². The van der Waals surface area contributed by atoms with Gasteiger partial charge in [-0.2, -0.15) is 0 Å². The lowest BCUT2D eigenvalue weighted by Crippen LogP contribution is -2.30. The molecule has 3 aromatic rings. The predicted octanol–water partition coefficient (Wildman–Crippen LogP) is 4.13. The fourth-order valence-corrected chi connectivity index (χ4v) is 3.81. The normalized spacial score (nSPS) is 12.0. The zero-order valence-corrected chi connectivity index (χ0v) is 15.3. The second kappa shape index (κ2) is 7.01. The van der Waals surface area contributed by atoms with Crippen LogP contribution in [0.5, 0.6) is 0 Å².